The van der Waals surface area contributed by atoms with Gasteiger partial charge < -0.3 is 5.32 Å². The van der Waals surface area contributed by atoms with E-state index in [-0.39, 0.29) is 0 Å². The van der Waals surface area contributed by atoms with Crippen LogP contribution in [0.15, 0.2) is 22.8 Å². The number of rotatable bonds is 5. The summed E-state index contributed by atoms with van der Waals surface area (Å²) in [4.78, 5) is 4.33. The first kappa shape index (κ1) is 12.2. The second kappa shape index (κ2) is 5.42. The molecule has 0 atom stereocenters. The van der Waals surface area contributed by atoms with Crippen molar-refractivity contribution >= 4 is 27.3 Å². The molecule has 2 aromatic heterocycles. The number of nitrogens with one attached hydrogen (secondary N) is 1. The van der Waals surface area contributed by atoms with Crippen molar-refractivity contribution in [1.29, 1.82) is 0 Å². The number of halogens is 1. The van der Waals surface area contributed by atoms with Gasteiger partial charge in [0.1, 0.15) is 10.7 Å². The molecule has 3 rings (SSSR count). The summed E-state index contributed by atoms with van der Waals surface area (Å²) >= 11 is 5.00. The Morgan fingerprint density at radius 2 is 2.22 bits per heavy atom. The molecule has 18 heavy (non-hydrogen) atoms. The van der Waals surface area contributed by atoms with Crippen molar-refractivity contribution in [2.75, 3.05) is 6.54 Å². The molecule has 1 aliphatic rings. The van der Waals surface area contributed by atoms with Crippen LogP contribution >= 0.6 is 27.3 Å². The monoisotopic (exact) mass is 324 g/mol. The molecule has 4 nitrogen and oxygen atoms in total. The van der Waals surface area contributed by atoms with E-state index in [1.807, 2.05) is 12.1 Å². The number of hydrogen-bond donors (Lipinski definition) is 1. The molecule has 0 bridgehead atoms. The van der Waals surface area contributed by atoms with Crippen LogP contribution in [0, 0.1) is 0 Å². The maximum absolute atomic E-state index is 4.33. The SMILES string of the molecule is Brc1ccc(-c2nnc(CCNC3CC3)s2)nc1. The predicted molar refractivity (Wildman–Crippen MR) is 75.6 cm³/mol. The van der Waals surface area contributed by atoms with Gasteiger partial charge in [0.15, 0.2) is 5.01 Å². The molecule has 1 fully saturated rings. The standard InChI is InChI=1S/C12H13BrN4S/c13-8-1-4-10(15-7-8)12-17-16-11(18-12)5-6-14-9-2-3-9/h1,4,7,9,14H,2-3,5-6H2. The average Bonchev–Trinajstić information content (AvgIpc) is 3.08. The van der Waals surface area contributed by atoms with Crippen molar-refractivity contribution in [3.8, 4) is 10.7 Å². The molecule has 0 saturated heterocycles. The Labute approximate surface area is 118 Å². The minimum Gasteiger partial charge on any atom is -0.314 e. The molecule has 0 aromatic carbocycles. The van der Waals surface area contributed by atoms with Gasteiger partial charge in [-0.1, -0.05) is 11.3 Å². The highest BCUT2D eigenvalue weighted by atomic mass is 79.9. The predicted octanol–water partition coefficient (Wildman–Crippen LogP) is 2.66. The lowest BCUT2D eigenvalue weighted by atomic mass is 10.4. The molecular weight excluding hydrogens is 312 g/mol. The summed E-state index contributed by atoms with van der Waals surface area (Å²) in [6.07, 6.45) is 5.38. The first-order valence-electron chi connectivity index (χ1n) is 5.99. The van der Waals surface area contributed by atoms with E-state index in [1.165, 1.54) is 12.8 Å². The summed E-state index contributed by atoms with van der Waals surface area (Å²) in [7, 11) is 0. The molecule has 1 saturated carbocycles. The van der Waals surface area contributed by atoms with Gasteiger partial charge in [0.2, 0.25) is 0 Å². The second-order valence-electron chi connectivity index (χ2n) is 4.34. The van der Waals surface area contributed by atoms with Gasteiger partial charge in [0.05, 0.1) is 0 Å². The summed E-state index contributed by atoms with van der Waals surface area (Å²) in [5, 5.41) is 13.8. The van der Waals surface area contributed by atoms with Crippen molar-refractivity contribution in [3.63, 3.8) is 0 Å². The normalized spacial score (nSPS) is 14.9. The molecule has 1 aliphatic carbocycles. The van der Waals surface area contributed by atoms with E-state index in [0.717, 1.165) is 39.2 Å². The first-order valence-corrected chi connectivity index (χ1v) is 7.60. The van der Waals surface area contributed by atoms with E-state index < -0.39 is 0 Å². The third kappa shape index (κ3) is 3.13. The third-order valence-electron chi connectivity index (χ3n) is 2.76. The van der Waals surface area contributed by atoms with Crippen molar-refractivity contribution in [1.82, 2.24) is 20.5 Å². The molecule has 94 valence electrons. The molecule has 0 unspecified atom stereocenters. The van der Waals surface area contributed by atoms with Crippen molar-refractivity contribution in [2.24, 2.45) is 0 Å². The Morgan fingerprint density at radius 1 is 1.33 bits per heavy atom. The Kier molecular flexibility index (Phi) is 3.67. The van der Waals surface area contributed by atoms with Crippen LogP contribution in [0.2, 0.25) is 0 Å². The minimum absolute atomic E-state index is 0.755. The van der Waals surface area contributed by atoms with E-state index >= 15 is 0 Å². The van der Waals surface area contributed by atoms with Crippen LogP contribution in [0.4, 0.5) is 0 Å². The van der Waals surface area contributed by atoms with Crippen molar-refractivity contribution in [2.45, 2.75) is 25.3 Å². The van der Waals surface area contributed by atoms with Crippen LogP contribution in [0.5, 0.6) is 0 Å². The highest BCUT2D eigenvalue weighted by molar-refractivity contribution is 9.10. The smallest absolute Gasteiger partial charge is 0.166 e. The molecule has 0 radical (unpaired) electrons. The number of nitrogens with zero attached hydrogens (tertiary/aromatic N) is 3. The fourth-order valence-electron chi connectivity index (χ4n) is 1.63. The van der Waals surface area contributed by atoms with Crippen LogP contribution in [-0.4, -0.2) is 27.8 Å². The number of hydrogen-bond acceptors (Lipinski definition) is 5. The van der Waals surface area contributed by atoms with Gasteiger partial charge in [-0.15, -0.1) is 10.2 Å². The third-order valence-corrected chi connectivity index (χ3v) is 4.24. The van der Waals surface area contributed by atoms with E-state index in [2.05, 4.69) is 36.4 Å². The highest BCUT2D eigenvalue weighted by Crippen LogP contribution is 2.23. The summed E-state index contributed by atoms with van der Waals surface area (Å²) in [5.74, 6) is 0. The highest BCUT2D eigenvalue weighted by Gasteiger charge is 2.19. The second-order valence-corrected chi connectivity index (χ2v) is 6.32. The van der Waals surface area contributed by atoms with Gasteiger partial charge in [-0.3, -0.25) is 4.98 Å². The van der Waals surface area contributed by atoms with Gasteiger partial charge >= 0.3 is 0 Å². The summed E-state index contributed by atoms with van der Waals surface area (Å²) in [5.41, 5.74) is 0.886. The first-order chi connectivity index (χ1) is 8.81. The molecule has 0 amide bonds. The maximum Gasteiger partial charge on any atom is 0.166 e. The fraction of sp³-hybridized carbons (Fsp3) is 0.417. The molecule has 2 aromatic rings. The topological polar surface area (TPSA) is 50.7 Å². The average molecular weight is 325 g/mol. The van der Waals surface area contributed by atoms with Gasteiger partial charge in [-0.05, 0) is 40.9 Å². The lowest BCUT2D eigenvalue weighted by molar-refractivity contribution is 0.677. The molecule has 6 heteroatoms. The van der Waals surface area contributed by atoms with Crippen LogP contribution in [-0.2, 0) is 6.42 Å². The van der Waals surface area contributed by atoms with Gasteiger partial charge in [0, 0.05) is 29.7 Å². The van der Waals surface area contributed by atoms with Gasteiger partial charge in [-0.2, -0.15) is 0 Å². The van der Waals surface area contributed by atoms with Gasteiger partial charge in [-0.25, -0.2) is 0 Å². The fourth-order valence-corrected chi connectivity index (χ4v) is 2.68. The van der Waals surface area contributed by atoms with Crippen LogP contribution in [0.25, 0.3) is 10.7 Å². The number of pyridine rings is 1. The minimum atomic E-state index is 0.755. The van der Waals surface area contributed by atoms with Gasteiger partial charge in [0.25, 0.3) is 0 Å². The summed E-state index contributed by atoms with van der Waals surface area (Å²) < 4.78 is 0.977. The Bertz CT molecular complexity index is 521. The molecule has 1 N–H and O–H groups in total. The van der Waals surface area contributed by atoms with Crippen LogP contribution < -0.4 is 5.32 Å². The molecule has 0 spiro atoms. The summed E-state index contributed by atoms with van der Waals surface area (Å²) in [6.45, 7) is 0.993. The Morgan fingerprint density at radius 3 is 2.94 bits per heavy atom. The van der Waals surface area contributed by atoms with E-state index in [1.54, 1.807) is 17.5 Å². The van der Waals surface area contributed by atoms with E-state index in [9.17, 15) is 0 Å². The van der Waals surface area contributed by atoms with E-state index in [0.29, 0.717) is 0 Å². The largest absolute Gasteiger partial charge is 0.314 e. The molecule has 2 heterocycles. The zero-order valence-corrected chi connectivity index (χ0v) is 12.2. The number of aromatic nitrogens is 3. The van der Waals surface area contributed by atoms with E-state index in [4.69, 9.17) is 0 Å². The quantitative estimate of drug-likeness (QED) is 0.918. The zero-order chi connectivity index (χ0) is 12.4. The van der Waals surface area contributed by atoms with Crippen molar-refractivity contribution in [3.05, 3.63) is 27.8 Å². The Balaban J connectivity index is 1.62. The van der Waals surface area contributed by atoms with Crippen LogP contribution in [0.1, 0.15) is 17.8 Å². The Hall–Kier alpha value is -0.850. The van der Waals surface area contributed by atoms with Crippen LogP contribution in [0.3, 0.4) is 0 Å². The van der Waals surface area contributed by atoms with Crippen molar-refractivity contribution < 1.29 is 0 Å². The maximum atomic E-state index is 4.33. The lowest BCUT2D eigenvalue weighted by Crippen LogP contribution is -2.19. The summed E-state index contributed by atoms with van der Waals surface area (Å²) in [6, 6.07) is 4.68. The lowest BCUT2D eigenvalue weighted by Gasteiger charge is -1.97. The molecule has 0 aliphatic heterocycles. The molecular formula is C12H13BrN4S. The zero-order valence-electron chi connectivity index (χ0n) is 9.77.